The summed E-state index contributed by atoms with van der Waals surface area (Å²) >= 11 is 1.45. The first-order valence-electron chi connectivity index (χ1n) is 6.51. The Balaban J connectivity index is 1.43. The standard InChI is InChI=1S/C14H11N3O3S/c18-14(11-4-2-6-21-11)17-7-9(8-17)13-15-12(16-20-13)10-3-1-5-19-10/h1-6,9H,7-8H2. The van der Waals surface area contributed by atoms with Crippen molar-refractivity contribution in [1.29, 1.82) is 0 Å². The van der Waals surface area contributed by atoms with E-state index in [9.17, 15) is 4.79 Å². The summed E-state index contributed by atoms with van der Waals surface area (Å²) in [6, 6.07) is 7.27. The van der Waals surface area contributed by atoms with Crippen LogP contribution in [0.4, 0.5) is 0 Å². The lowest BCUT2D eigenvalue weighted by atomic mass is 10.00. The van der Waals surface area contributed by atoms with Gasteiger partial charge in [0.1, 0.15) is 0 Å². The molecule has 1 aliphatic rings. The van der Waals surface area contributed by atoms with Gasteiger partial charge in [0.25, 0.3) is 5.91 Å². The minimum Gasteiger partial charge on any atom is -0.461 e. The van der Waals surface area contributed by atoms with Gasteiger partial charge in [-0.05, 0) is 23.6 Å². The number of amides is 1. The maximum absolute atomic E-state index is 12.1. The van der Waals surface area contributed by atoms with E-state index in [0.29, 0.717) is 30.6 Å². The molecule has 3 aromatic heterocycles. The first kappa shape index (κ1) is 12.3. The Morgan fingerprint density at radius 1 is 1.33 bits per heavy atom. The van der Waals surface area contributed by atoms with Crippen LogP contribution in [-0.2, 0) is 0 Å². The van der Waals surface area contributed by atoms with Gasteiger partial charge >= 0.3 is 0 Å². The Labute approximate surface area is 124 Å². The van der Waals surface area contributed by atoms with Gasteiger partial charge in [0.2, 0.25) is 11.7 Å². The van der Waals surface area contributed by atoms with Gasteiger partial charge in [-0.2, -0.15) is 4.98 Å². The molecule has 3 aromatic rings. The number of aromatic nitrogens is 2. The van der Waals surface area contributed by atoms with Crippen LogP contribution < -0.4 is 0 Å². The fourth-order valence-electron chi connectivity index (χ4n) is 2.26. The Hall–Kier alpha value is -2.41. The third-order valence-electron chi connectivity index (χ3n) is 3.43. The average molecular weight is 301 g/mol. The summed E-state index contributed by atoms with van der Waals surface area (Å²) in [5, 5.41) is 5.80. The van der Waals surface area contributed by atoms with E-state index in [2.05, 4.69) is 10.1 Å². The van der Waals surface area contributed by atoms with Crippen molar-refractivity contribution in [3.63, 3.8) is 0 Å². The first-order valence-corrected chi connectivity index (χ1v) is 7.39. The summed E-state index contributed by atoms with van der Waals surface area (Å²) in [6.45, 7) is 1.22. The van der Waals surface area contributed by atoms with E-state index >= 15 is 0 Å². The van der Waals surface area contributed by atoms with Crippen LogP contribution in [0, 0.1) is 0 Å². The van der Waals surface area contributed by atoms with Gasteiger partial charge < -0.3 is 13.8 Å². The molecule has 0 aliphatic carbocycles. The van der Waals surface area contributed by atoms with E-state index in [-0.39, 0.29) is 11.8 Å². The van der Waals surface area contributed by atoms with Crippen LogP contribution >= 0.6 is 11.3 Å². The van der Waals surface area contributed by atoms with Crippen molar-refractivity contribution in [2.24, 2.45) is 0 Å². The van der Waals surface area contributed by atoms with E-state index in [1.54, 1.807) is 23.3 Å². The van der Waals surface area contributed by atoms with Gasteiger partial charge in [0.05, 0.1) is 17.1 Å². The molecular weight excluding hydrogens is 290 g/mol. The second-order valence-electron chi connectivity index (χ2n) is 4.82. The molecule has 7 heteroatoms. The van der Waals surface area contributed by atoms with Crippen molar-refractivity contribution in [1.82, 2.24) is 15.0 Å². The molecule has 0 N–H and O–H groups in total. The smallest absolute Gasteiger partial charge is 0.263 e. The molecule has 0 atom stereocenters. The van der Waals surface area contributed by atoms with E-state index in [0.717, 1.165) is 4.88 Å². The van der Waals surface area contributed by atoms with Crippen LogP contribution in [-0.4, -0.2) is 34.0 Å². The first-order chi connectivity index (χ1) is 10.3. The lowest BCUT2D eigenvalue weighted by Crippen LogP contribution is -2.48. The normalized spacial score (nSPS) is 15.1. The SMILES string of the molecule is O=C(c1cccs1)N1CC(c2nc(-c3ccco3)no2)C1. The second-order valence-corrected chi connectivity index (χ2v) is 5.77. The predicted molar refractivity (Wildman–Crippen MR) is 75.0 cm³/mol. The molecule has 0 unspecified atom stereocenters. The summed E-state index contributed by atoms with van der Waals surface area (Å²) in [5.41, 5.74) is 0. The predicted octanol–water partition coefficient (Wildman–Crippen LogP) is 2.63. The fraction of sp³-hybridized carbons (Fsp3) is 0.214. The molecule has 1 saturated heterocycles. The van der Waals surface area contributed by atoms with Gasteiger partial charge in [-0.3, -0.25) is 4.79 Å². The van der Waals surface area contributed by atoms with E-state index in [4.69, 9.17) is 8.94 Å². The number of rotatable bonds is 3. The molecular formula is C14H11N3O3S. The van der Waals surface area contributed by atoms with Gasteiger partial charge in [0.15, 0.2) is 5.76 Å². The highest BCUT2D eigenvalue weighted by molar-refractivity contribution is 7.12. The van der Waals surface area contributed by atoms with Crippen molar-refractivity contribution >= 4 is 17.2 Å². The molecule has 6 nitrogen and oxygen atoms in total. The summed E-state index contributed by atoms with van der Waals surface area (Å²) in [6.07, 6.45) is 1.57. The summed E-state index contributed by atoms with van der Waals surface area (Å²) < 4.78 is 10.5. The van der Waals surface area contributed by atoms with Gasteiger partial charge in [0, 0.05) is 13.1 Å². The minimum absolute atomic E-state index is 0.0621. The number of furan rings is 1. The Morgan fingerprint density at radius 3 is 2.95 bits per heavy atom. The number of carbonyl (C=O) groups is 1. The Morgan fingerprint density at radius 2 is 2.24 bits per heavy atom. The van der Waals surface area contributed by atoms with Crippen LogP contribution in [0.3, 0.4) is 0 Å². The van der Waals surface area contributed by atoms with Crippen molar-refractivity contribution in [3.8, 4) is 11.6 Å². The quantitative estimate of drug-likeness (QED) is 0.743. The summed E-state index contributed by atoms with van der Waals surface area (Å²) in [4.78, 5) is 19.0. The topological polar surface area (TPSA) is 72.4 Å². The molecule has 0 bridgehead atoms. The van der Waals surface area contributed by atoms with Crippen LogP contribution in [0.15, 0.2) is 44.8 Å². The molecule has 4 rings (SSSR count). The number of hydrogen-bond acceptors (Lipinski definition) is 6. The molecule has 1 fully saturated rings. The van der Waals surface area contributed by atoms with Crippen molar-refractivity contribution in [2.75, 3.05) is 13.1 Å². The molecule has 0 saturated carbocycles. The van der Waals surface area contributed by atoms with Crippen LogP contribution in [0.5, 0.6) is 0 Å². The third-order valence-corrected chi connectivity index (χ3v) is 4.29. The highest BCUT2D eigenvalue weighted by Crippen LogP contribution is 2.29. The lowest BCUT2D eigenvalue weighted by molar-refractivity contribution is 0.0574. The largest absolute Gasteiger partial charge is 0.461 e. The fourth-order valence-corrected chi connectivity index (χ4v) is 2.95. The van der Waals surface area contributed by atoms with Gasteiger partial charge in [-0.25, -0.2) is 0 Å². The van der Waals surface area contributed by atoms with Crippen LogP contribution in [0.2, 0.25) is 0 Å². The number of likely N-dealkylation sites (tertiary alicyclic amines) is 1. The maximum atomic E-state index is 12.1. The Bertz CT molecular complexity index is 742. The number of carbonyl (C=O) groups excluding carboxylic acids is 1. The molecule has 21 heavy (non-hydrogen) atoms. The molecule has 1 amide bonds. The van der Waals surface area contributed by atoms with E-state index < -0.39 is 0 Å². The number of nitrogens with zero attached hydrogens (tertiary/aromatic N) is 3. The monoisotopic (exact) mass is 301 g/mol. The molecule has 0 aromatic carbocycles. The van der Waals surface area contributed by atoms with E-state index in [1.807, 2.05) is 17.5 Å². The second kappa shape index (κ2) is 4.85. The summed E-state index contributed by atoms with van der Waals surface area (Å²) in [7, 11) is 0. The zero-order chi connectivity index (χ0) is 14.2. The van der Waals surface area contributed by atoms with E-state index in [1.165, 1.54) is 11.3 Å². The molecule has 1 aliphatic heterocycles. The van der Waals surface area contributed by atoms with Gasteiger partial charge in [-0.15, -0.1) is 11.3 Å². The van der Waals surface area contributed by atoms with Gasteiger partial charge in [-0.1, -0.05) is 11.2 Å². The van der Waals surface area contributed by atoms with Crippen molar-refractivity contribution < 1.29 is 13.7 Å². The average Bonchev–Trinajstić information content (AvgIpc) is 3.19. The van der Waals surface area contributed by atoms with Crippen molar-refractivity contribution in [2.45, 2.75) is 5.92 Å². The number of hydrogen-bond donors (Lipinski definition) is 0. The zero-order valence-corrected chi connectivity index (χ0v) is 11.7. The third kappa shape index (κ3) is 2.15. The maximum Gasteiger partial charge on any atom is 0.263 e. The van der Waals surface area contributed by atoms with Crippen LogP contribution in [0.1, 0.15) is 21.5 Å². The molecule has 106 valence electrons. The number of thiophene rings is 1. The van der Waals surface area contributed by atoms with Crippen LogP contribution in [0.25, 0.3) is 11.6 Å². The zero-order valence-electron chi connectivity index (χ0n) is 10.9. The highest BCUT2D eigenvalue weighted by Gasteiger charge is 2.36. The molecule has 0 radical (unpaired) electrons. The Kier molecular flexibility index (Phi) is 2.85. The van der Waals surface area contributed by atoms with Crippen molar-refractivity contribution in [3.05, 3.63) is 46.7 Å². The molecule has 4 heterocycles. The summed E-state index contributed by atoms with van der Waals surface area (Å²) in [5.74, 6) is 1.74. The highest BCUT2D eigenvalue weighted by atomic mass is 32.1. The molecule has 0 spiro atoms. The minimum atomic E-state index is 0.0621. The lowest BCUT2D eigenvalue weighted by Gasteiger charge is -2.36.